The molecule has 0 saturated carbocycles. The molecular weight excluding hydrogens is 405 g/mol. The summed E-state index contributed by atoms with van der Waals surface area (Å²) in [6.07, 6.45) is 6.41. The number of imidazole rings is 1. The van der Waals surface area contributed by atoms with Crippen molar-refractivity contribution in [2.75, 3.05) is 27.2 Å². The van der Waals surface area contributed by atoms with Crippen LogP contribution < -0.4 is 15.4 Å². The van der Waals surface area contributed by atoms with Gasteiger partial charge in [-0.3, -0.25) is 4.99 Å². The summed E-state index contributed by atoms with van der Waals surface area (Å²) in [7, 11) is 3.47. The van der Waals surface area contributed by atoms with Crippen molar-refractivity contribution in [2.45, 2.75) is 13.0 Å². The van der Waals surface area contributed by atoms with Crippen LogP contribution in [-0.2, 0) is 13.0 Å². The molecular formula is C16H24IN5O. The fourth-order valence-corrected chi connectivity index (χ4v) is 2.17. The Balaban J connectivity index is 0.00000264. The second-order valence-electron chi connectivity index (χ2n) is 4.79. The maximum Gasteiger partial charge on any atom is 0.191 e. The quantitative estimate of drug-likeness (QED) is 0.401. The van der Waals surface area contributed by atoms with Crippen LogP contribution in [-0.4, -0.2) is 42.8 Å². The minimum Gasteiger partial charge on any atom is -0.496 e. The van der Waals surface area contributed by atoms with Gasteiger partial charge < -0.3 is 19.9 Å². The summed E-state index contributed by atoms with van der Waals surface area (Å²) in [4.78, 5) is 8.24. The van der Waals surface area contributed by atoms with Crippen molar-refractivity contribution in [3.63, 3.8) is 0 Å². The van der Waals surface area contributed by atoms with Gasteiger partial charge in [0, 0.05) is 39.1 Å². The summed E-state index contributed by atoms with van der Waals surface area (Å²) in [6, 6.07) is 8.06. The number of aromatic nitrogens is 2. The molecule has 7 heteroatoms. The van der Waals surface area contributed by atoms with Crippen molar-refractivity contribution in [3.8, 4) is 5.75 Å². The first kappa shape index (κ1) is 19.3. The summed E-state index contributed by atoms with van der Waals surface area (Å²) >= 11 is 0. The molecule has 0 unspecified atom stereocenters. The molecule has 0 aliphatic carbocycles. The summed E-state index contributed by atoms with van der Waals surface area (Å²) < 4.78 is 7.38. The Bertz CT molecular complexity index is 586. The molecule has 1 aromatic carbocycles. The van der Waals surface area contributed by atoms with E-state index in [2.05, 4.69) is 26.7 Å². The minimum absolute atomic E-state index is 0. The zero-order valence-corrected chi connectivity index (χ0v) is 15.9. The van der Waals surface area contributed by atoms with Gasteiger partial charge in [-0.2, -0.15) is 0 Å². The Morgan fingerprint density at radius 1 is 1.26 bits per heavy atom. The van der Waals surface area contributed by atoms with E-state index >= 15 is 0 Å². The third kappa shape index (κ3) is 6.47. The second-order valence-corrected chi connectivity index (χ2v) is 4.79. The van der Waals surface area contributed by atoms with Crippen molar-refractivity contribution < 1.29 is 4.74 Å². The maximum absolute atomic E-state index is 5.35. The molecule has 2 rings (SSSR count). The lowest BCUT2D eigenvalue weighted by atomic mass is 10.1. The first-order valence-electron chi connectivity index (χ1n) is 7.35. The van der Waals surface area contributed by atoms with Crippen molar-refractivity contribution >= 4 is 29.9 Å². The number of rotatable bonds is 7. The summed E-state index contributed by atoms with van der Waals surface area (Å²) in [5, 5.41) is 6.59. The van der Waals surface area contributed by atoms with Gasteiger partial charge in [0.25, 0.3) is 0 Å². The van der Waals surface area contributed by atoms with E-state index in [1.165, 1.54) is 5.56 Å². The van der Waals surface area contributed by atoms with E-state index in [-0.39, 0.29) is 24.0 Å². The number of methoxy groups -OCH3 is 1. The number of nitrogens with one attached hydrogen (secondary N) is 2. The number of para-hydroxylation sites is 1. The number of nitrogens with zero attached hydrogens (tertiary/aromatic N) is 3. The zero-order valence-electron chi connectivity index (χ0n) is 13.5. The van der Waals surface area contributed by atoms with Crippen LogP contribution in [0.5, 0.6) is 5.75 Å². The molecule has 23 heavy (non-hydrogen) atoms. The van der Waals surface area contributed by atoms with Crippen LogP contribution in [0.4, 0.5) is 0 Å². The maximum atomic E-state index is 5.35. The fraction of sp³-hybridized carbons (Fsp3) is 0.375. The third-order valence-electron chi connectivity index (χ3n) is 3.32. The van der Waals surface area contributed by atoms with Gasteiger partial charge in [0.15, 0.2) is 5.96 Å². The molecule has 2 N–H and O–H groups in total. The largest absolute Gasteiger partial charge is 0.496 e. The highest BCUT2D eigenvalue weighted by Crippen LogP contribution is 2.17. The van der Waals surface area contributed by atoms with Crippen molar-refractivity contribution in [1.29, 1.82) is 0 Å². The second kappa shape index (κ2) is 10.9. The standard InChI is InChI=1S/C16H23N5O.HI/c1-17-16(20-10-12-21-11-9-18-13-21)19-8-7-14-5-3-4-6-15(14)22-2;/h3-6,9,11,13H,7-8,10,12H2,1-2H3,(H2,17,19,20);1H. The number of aliphatic imine (C=N–C) groups is 1. The molecule has 0 aliphatic heterocycles. The van der Waals surface area contributed by atoms with Gasteiger partial charge >= 0.3 is 0 Å². The molecule has 0 fully saturated rings. The van der Waals surface area contributed by atoms with Crippen molar-refractivity contribution in [3.05, 3.63) is 48.5 Å². The normalized spacial score (nSPS) is 10.8. The van der Waals surface area contributed by atoms with Crippen LogP contribution in [0.15, 0.2) is 48.0 Å². The first-order valence-corrected chi connectivity index (χ1v) is 7.35. The summed E-state index contributed by atoms with van der Waals surface area (Å²) in [5.41, 5.74) is 1.19. The van der Waals surface area contributed by atoms with Gasteiger partial charge in [0.05, 0.1) is 13.4 Å². The Hall–Kier alpha value is -1.77. The van der Waals surface area contributed by atoms with Crippen LogP contribution in [0, 0.1) is 0 Å². The lowest BCUT2D eigenvalue weighted by molar-refractivity contribution is 0.409. The Morgan fingerprint density at radius 3 is 2.74 bits per heavy atom. The van der Waals surface area contributed by atoms with Gasteiger partial charge in [-0.1, -0.05) is 18.2 Å². The highest BCUT2D eigenvalue weighted by Gasteiger charge is 2.02. The molecule has 0 amide bonds. The van der Waals surface area contributed by atoms with E-state index in [1.54, 1.807) is 26.7 Å². The Labute approximate surface area is 154 Å². The zero-order chi connectivity index (χ0) is 15.6. The fourth-order valence-electron chi connectivity index (χ4n) is 2.17. The molecule has 1 aromatic heterocycles. The SMILES string of the molecule is CN=C(NCCc1ccccc1OC)NCCn1ccnc1.I. The monoisotopic (exact) mass is 429 g/mol. The number of benzene rings is 1. The van der Waals surface area contributed by atoms with Crippen LogP contribution in [0.3, 0.4) is 0 Å². The molecule has 2 aromatic rings. The van der Waals surface area contributed by atoms with Crippen LogP contribution in [0.25, 0.3) is 0 Å². The lowest BCUT2D eigenvalue weighted by Gasteiger charge is -2.13. The topological polar surface area (TPSA) is 63.5 Å². The molecule has 0 saturated heterocycles. The number of hydrogen-bond acceptors (Lipinski definition) is 3. The first-order chi connectivity index (χ1) is 10.8. The molecule has 0 bridgehead atoms. The predicted molar refractivity (Wildman–Crippen MR) is 104 cm³/mol. The highest BCUT2D eigenvalue weighted by atomic mass is 127. The molecule has 0 spiro atoms. The average molecular weight is 429 g/mol. The van der Waals surface area contributed by atoms with Crippen molar-refractivity contribution in [2.24, 2.45) is 4.99 Å². The van der Waals surface area contributed by atoms with Gasteiger partial charge in [-0.05, 0) is 18.1 Å². The summed E-state index contributed by atoms with van der Waals surface area (Å²) in [5.74, 6) is 1.72. The molecule has 126 valence electrons. The van der Waals surface area contributed by atoms with Gasteiger partial charge in [0.2, 0.25) is 0 Å². The number of ether oxygens (including phenoxy) is 1. The number of halogens is 1. The van der Waals surface area contributed by atoms with Gasteiger partial charge in [0.1, 0.15) is 5.75 Å². The summed E-state index contributed by atoms with van der Waals surface area (Å²) in [6.45, 7) is 2.45. The Kier molecular flexibility index (Phi) is 9.11. The molecule has 6 nitrogen and oxygen atoms in total. The van der Waals surface area contributed by atoms with E-state index in [4.69, 9.17) is 4.74 Å². The van der Waals surface area contributed by atoms with Crippen LogP contribution in [0.2, 0.25) is 0 Å². The molecule has 1 heterocycles. The molecule has 0 atom stereocenters. The van der Waals surface area contributed by atoms with E-state index in [1.807, 2.05) is 29.0 Å². The van der Waals surface area contributed by atoms with Crippen molar-refractivity contribution in [1.82, 2.24) is 20.2 Å². The number of hydrogen-bond donors (Lipinski definition) is 2. The highest BCUT2D eigenvalue weighted by molar-refractivity contribution is 14.0. The minimum atomic E-state index is 0. The lowest BCUT2D eigenvalue weighted by Crippen LogP contribution is -2.39. The van der Waals surface area contributed by atoms with Gasteiger partial charge in [-0.25, -0.2) is 4.98 Å². The molecule has 0 aliphatic rings. The third-order valence-corrected chi connectivity index (χ3v) is 3.32. The van der Waals surface area contributed by atoms with E-state index in [0.29, 0.717) is 0 Å². The molecule has 0 radical (unpaired) electrons. The average Bonchev–Trinajstić information content (AvgIpc) is 3.07. The van der Waals surface area contributed by atoms with Gasteiger partial charge in [-0.15, -0.1) is 24.0 Å². The van der Waals surface area contributed by atoms with Crippen LogP contribution in [0.1, 0.15) is 5.56 Å². The smallest absolute Gasteiger partial charge is 0.191 e. The predicted octanol–water partition coefficient (Wildman–Crippen LogP) is 1.92. The van der Waals surface area contributed by atoms with E-state index < -0.39 is 0 Å². The Morgan fingerprint density at radius 2 is 2.04 bits per heavy atom. The van der Waals surface area contributed by atoms with E-state index in [9.17, 15) is 0 Å². The number of guanidine groups is 1. The van der Waals surface area contributed by atoms with Crippen LogP contribution >= 0.6 is 24.0 Å². The van der Waals surface area contributed by atoms with E-state index in [0.717, 1.165) is 37.8 Å².